The lowest BCUT2D eigenvalue weighted by atomic mass is 10.1. The first-order valence-electron chi connectivity index (χ1n) is 16.7. The average Bonchev–Trinajstić information content (AvgIpc) is 3.11. The Morgan fingerprint density at radius 1 is 0.511 bits per heavy atom. The molecule has 0 N–H and O–H groups in total. The van der Waals surface area contributed by atoms with Crippen LogP contribution < -0.4 is 14.2 Å². The Labute approximate surface area is 279 Å². The molecule has 4 aromatic carbocycles. The fraction of sp³-hybridized carbons (Fsp3) is 0.325. The van der Waals surface area contributed by atoms with Gasteiger partial charge < -0.3 is 18.9 Å². The molecular weight excluding hydrogens is 588 g/mol. The second kappa shape index (κ2) is 20.3. The predicted molar refractivity (Wildman–Crippen MR) is 191 cm³/mol. The van der Waals surface area contributed by atoms with E-state index in [2.05, 4.69) is 23.8 Å². The second-order valence-electron chi connectivity index (χ2n) is 11.1. The molecule has 0 atom stereocenters. The van der Waals surface area contributed by atoms with E-state index in [0.717, 1.165) is 97.9 Å². The number of esters is 1. The molecule has 0 spiro atoms. The van der Waals surface area contributed by atoms with Crippen LogP contribution in [0.2, 0.25) is 0 Å². The smallest absolute Gasteiger partial charge is 0.338 e. The number of carbonyl (C=O) groups is 1. The van der Waals surface area contributed by atoms with E-state index in [1.54, 1.807) is 18.3 Å². The van der Waals surface area contributed by atoms with E-state index in [1.165, 1.54) is 0 Å². The van der Waals surface area contributed by atoms with E-state index in [0.29, 0.717) is 18.8 Å². The van der Waals surface area contributed by atoms with Crippen LogP contribution in [-0.4, -0.2) is 44.8 Å². The van der Waals surface area contributed by atoms with Crippen molar-refractivity contribution < 1.29 is 23.7 Å². The van der Waals surface area contributed by atoms with E-state index in [4.69, 9.17) is 18.9 Å². The summed E-state index contributed by atoms with van der Waals surface area (Å²) in [6.07, 6.45) is 10.5. The van der Waals surface area contributed by atoms with Gasteiger partial charge in [0.2, 0.25) is 0 Å². The number of hydrogen-bond acceptors (Lipinski definition) is 7. The van der Waals surface area contributed by atoms with Crippen molar-refractivity contribution in [3.8, 4) is 17.2 Å². The molecule has 7 heteroatoms. The molecule has 47 heavy (non-hydrogen) atoms. The molecule has 0 aliphatic heterocycles. The lowest BCUT2D eigenvalue weighted by molar-refractivity contribution is 0.0497. The third-order valence-electron chi connectivity index (χ3n) is 7.25. The summed E-state index contributed by atoms with van der Waals surface area (Å²) < 4.78 is 22.7. The molecule has 0 fully saturated rings. The standard InChI is InChI=1S/C40H46N2O5/c1-3-5-26-44-38-22-16-35(17-23-38)41-30-32-10-14-34(15-11-32)40(43)47-29-9-7-8-28-46-37-20-12-33(13-21-37)31-42-36-18-24-39(25-19-36)45-27-6-4-2/h10-25,30-31H,3-9,26-29H2,1-2H3. The van der Waals surface area contributed by atoms with Crippen LogP contribution >= 0.6 is 0 Å². The number of benzene rings is 4. The average molecular weight is 635 g/mol. The van der Waals surface area contributed by atoms with Gasteiger partial charge >= 0.3 is 5.97 Å². The molecule has 0 amide bonds. The molecule has 0 aliphatic carbocycles. The number of ether oxygens (including phenoxy) is 4. The highest BCUT2D eigenvalue weighted by atomic mass is 16.5. The zero-order valence-electron chi connectivity index (χ0n) is 27.6. The molecule has 246 valence electrons. The molecule has 0 heterocycles. The molecule has 4 aromatic rings. The van der Waals surface area contributed by atoms with Crippen molar-refractivity contribution in [1.29, 1.82) is 0 Å². The fourth-order valence-corrected chi connectivity index (χ4v) is 4.40. The Morgan fingerprint density at radius 2 is 0.915 bits per heavy atom. The van der Waals surface area contributed by atoms with Gasteiger partial charge in [0.25, 0.3) is 0 Å². The number of rotatable bonds is 20. The van der Waals surface area contributed by atoms with Gasteiger partial charge in [0.1, 0.15) is 17.2 Å². The highest BCUT2D eigenvalue weighted by molar-refractivity contribution is 5.91. The predicted octanol–water partition coefficient (Wildman–Crippen LogP) is 9.95. The molecule has 0 aromatic heterocycles. The van der Waals surface area contributed by atoms with Crippen molar-refractivity contribution >= 4 is 29.8 Å². The quantitative estimate of drug-likeness (QED) is 0.0549. The van der Waals surface area contributed by atoms with Gasteiger partial charge in [-0.25, -0.2) is 4.79 Å². The van der Waals surface area contributed by atoms with Gasteiger partial charge in [0.05, 0.1) is 43.4 Å². The molecule has 0 aliphatic rings. The topological polar surface area (TPSA) is 78.7 Å². The lowest BCUT2D eigenvalue weighted by Crippen LogP contribution is -2.07. The summed E-state index contributed by atoms with van der Waals surface area (Å²) in [4.78, 5) is 21.5. The molecular formula is C40H46N2O5. The second-order valence-corrected chi connectivity index (χ2v) is 11.1. The van der Waals surface area contributed by atoms with Gasteiger partial charge in [-0.05, 0) is 128 Å². The Balaban J connectivity index is 1.07. The zero-order valence-corrected chi connectivity index (χ0v) is 27.6. The molecule has 0 saturated carbocycles. The summed E-state index contributed by atoms with van der Waals surface area (Å²) in [5.74, 6) is 2.22. The number of unbranched alkanes of at least 4 members (excludes halogenated alkanes) is 4. The van der Waals surface area contributed by atoms with Crippen LogP contribution in [0.5, 0.6) is 17.2 Å². The van der Waals surface area contributed by atoms with Gasteiger partial charge in [-0.1, -0.05) is 38.8 Å². The van der Waals surface area contributed by atoms with Crippen molar-refractivity contribution in [2.45, 2.75) is 58.8 Å². The Hall–Kier alpha value is -4.91. The Kier molecular flexibility index (Phi) is 15.1. The molecule has 0 bridgehead atoms. The van der Waals surface area contributed by atoms with Crippen LogP contribution in [0.3, 0.4) is 0 Å². The van der Waals surface area contributed by atoms with E-state index in [1.807, 2.05) is 91.1 Å². The first kappa shape index (κ1) is 35.0. The molecule has 7 nitrogen and oxygen atoms in total. The van der Waals surface area contributed by atoms with E-state index in [-0.39, 0.29) is 5.97 Å². The maximum absolute atomic E-state index is 12.4. The number of aliphatic imine (C=N–C) groups is 2. The van der Waals surface area contributed by atoms with Crippen molar-refractivity contribution in [1.82, 2.24) is 0 Å². The van der Waals surface area contributed by atoms with Crippen LogP contribution in [0.15, 0.2) is 107 Å². The SMILES string of the molecule is CCCCOc1ccc(N=Cc2ccc(OCCCCCOC(=O)c3ccc(C=Nc4ccc(OCCCC)cc4)cc3)cc2)cc1. The van der Waals surface area contributed by atoms with Gasteiger partial charge in [-0.2, -0.15) is 0 Å². The van der Waals surface area contributed by atoms with E-state index < -0.39 is 0 Å². The zero-order chi connectivity index (χ0) is 32.9. The monoisotopic (exact) mass is 634 g/mol. The molecule has 0 unspecified atom stereocenters. The highest BCUT2D eigenvalue weighted by Gasteiger charge is 2.06. The summed E-state index contributed by atoms with van der Waals surface area (Å²) in [5.41, 5.74) is 4.15. The Bertz CT molecular complexity index is 1510. The maximum atomic E-state index is 12.4. The van der Waals surface area contributed by atoms with Crippen LogP contribution in [-0.2, 0) is 4.74 Å². The largest absolute Gasteiger partial charge is 0.494 e. The summed E-state index contributed by atoms with van der Waals surface area (Å²) >= 11 is 0. The number of hydrogen-bond donors (Lipinski definition) is 0. The minimum absolute atomic E-state index is 0.319. The van der Waals surface area contributed by atoms with Crippen molar-refractivity contribution in [3.05, 3.63) is 114 Å². The van der Waals surface area contributed by atoms with Crippen molar-refractivity contribution in [2.75, 3.05) is 26.4 Å². The molecule has 4 rings (SSSR count). The number of nitrogens with zero attached hydrogens (tertiary/aromatic N) is 2. The van der Waals surface area contributed by atoms with Crippen LogP contribution in [0.1, 0.15) is 80.3 Å². The van der Waals surface area contributed by atoms with Crippen molar-refractivity contribution in [2.24, 2.45) is 9.98 Å². The normalized spacial score (nSPS) is 11.2. The van der Waals surface area contributed by atoms with Gasteiger partial charge in [-0.15, -0.1) is 0 Å². The summed E-state index contributed by atoms with van der Waals surface area (Å²) in [5, 5.41) is 0. The summed E-state index contributed by atoms with van der Waals surface area (Å²) in [6.45, 7) is 6.74. The van der Waals surface area contributed by atoms with E-state index in [9.17, 15) is 4.79 Å². The molecule has 0 saturated heterocycles. The van der Waals surface area contributed by atoms with E-state index >= 15 is 0 Å². The summed E-state index contributed by atoms with van der Waals surface area (Å²) in [6, 6.07) is 30.7. The first-order chi connectivity index (χ1) is 23.1. The third kappa shape index (κ3) is 13.2. The minimum atomic E-state index is -0.319. The maximum Gasteiger partial charge on any atom is 0.338 e. The van der Waals surface area contributed by atoms with Gasteiger partial charge in [-0.3, -0.25) is 9.98 Å². The highest BCUT2D eigenvalue weighted by Crippen LogP contribution is 2.20. The Morgan fingerprint density at radius 3 is 1.38 bits per heavy atom. The van der Waals surface area contributed by atoms with Crippen molar-refractivity contribution in [3.63, 3.8) is 0 Å². The third-order valence-corrected chi connectivity index (χ3v) is 7.25. The number of carbonyl (C=O) groups excluding carboxylic acids is 1. The summed E-state index contributed by atoms with van der Waals surface area (Å²) in [7, 11) is 0. The first-order valence-corrected chi connectivity index (χ1v) is 16.7. The molecule has 0 radical (unpaired) electrons. The van der Waals surface area contributed by atoms with Gasteiger partial charge in [0.15, 0.2) is 0 Å². The fourth-order valence-electron chi connectivity index (χ4n) is 4.40. The van der Waals surface area contributed by atoms with Crippen LogP contribution in [0.4, 0.5) is 11.4 Å². The van der Waals surface area contributed by atoms with Gasteiger partial charge in [0, 0.05) is 12.4 Å². The van der Waals surface area contributed by atoms with Crippen LogP contribution in [0, 0.1) is 0 Å². The lowest BCUT2D eigenvalue weighted by Gasteiger charge is -2.07. The minimum Gasteiger partial charge on any atom is -0.494 e. The van der Waals surface area contributed by atoms with Crippen LogP contribution in [0.25, 0.3) is 0 Å².